The first-order chi connectivity index (χ1) is 11.2. The highest BCUT2D eigenvalue weighted by Gasteiger charge is 2.15. The highest BCUT2D eigenvalue weighted by molar-refractivity contribution is 6.43. The Morgan fingerprint density at radius 1 is 1.12 bits per heavy atom. The van der Waals surface area contributed by atoms with Gasteiger partial charge in [-0.05, 0) is 19.9 Å². The van der Waals surface area contributed by atoms with Gasteiger partial charge in [-0.3, -0.25) is 4.79 Å². The lowest BCUT2D eigenvalue weighted by molar-refractivity contribution is -0.153. The maximum Gasteiger partial charge on any atom is 0.344 e. The van der Waals surface area contributed by atoms with Crippen molar-refractivity contribution in [2.75, 3.05) is 26.3 Å². The van der Waals surface area contributed by atoms with Crippen molar-refractivity contribution >= 4 is 46.7 Å². The maximum atomic E-state index is 11.9. The third-order valence-electron chi connectivity index (χ3n) is 2.87. The summed E-state index contributed by atoms with van der Waals surface area (Å²) in [4.78, 5) is 25.2. The van der Waals surface area contributed by atoms with Crippen LogP contribution in [0.5, 0.6) is 5.75 Å². The van der Waals surface area contributed by atoms with Crippen molar-refractivity contribution in [1.82, 2.24) is 4.90 Å². The van der Waals surface area contributed by atoms with Crippen molar-refractivity contribution < 1.29 is 19.1 Å². The normalized spacial score (nSPS) is 10.2. The van der Waals surface area contributed by atoms with Gasteiger partial charge in [0.05, 0.1) is 15.1 Å². The Kier molecular flexibility index (Phi) is 8.39. The van der Waals surface area contributed by atoms with Gasteiger partial charge in [0.1, 0.15) is 5.75 Å². The molecule has 0 unspecified atom stereocenters. The minimum atomic E-state index is -0.697. The fourth-order valence-electron chi connectivity index (χ4n) is 1.73. The molecular weight excluding hydrogens is 377 g/mol. The van der Waals surface area contributed by atoms with Crippen LogP contribution in [0, 0.1) is 0 Å². The number of likely N-dealkylation sites (N-methyl/N-ethyl adjacent to an activating group) is 1. The van der Waals surface area contributed by atoms with Crippen LogP contribution in [0.25, 0.3) is 0 Å². The van der Waals surface area contributed by atoms with E-state index in [0.29, 0.717) is 13.1 Å². The zero-order valence-corrected chi connectivity index (χ0v) is 15.7. The number of hydrogen-bond donors (Lipinski definition) is 0. The molecule has 0 heterocycles. The van der Waals surface area contributed by atoms with Gasteiger partial charge in [-0.25, -0.2) is 4.79 Å². The third kappa shape index (κ3) is 6.59. The van der Waals surface area contributed by atoms with E-state index in [4.69, 9.17) is 44.3 Å². The zero-order chi connectivity index (χ0) is 18.3. The number of amides is 1. The summed E-state index contributed by atoms with van der Waals surface area (Å²) in [7, 11) is 0. The Morgan fingerprint density at radius 2 is 1.75 bits per heavy atom. The lowest BCUT2D eigenvalue weighted by Crippen LogP contribution is -2.36. The SMILES string of the molecule is C=C(C)CN(CC)C(=O)COC(=O)COc1cc(Cl)c(Cl)cc1Cl. The van der Waals surface area contributed by atoms with Gasteiger partial charge in [-0.1, -0.05) is 47.0 Å². The minimum Gasteiger partial charge on any atom is -0.480 e. The molecule has 0 aromatic heterocycles. The summed E-state index contributed by atoms with van der Waals surface area (Å²) in [5.74, 6) is -0.801. The molecular formula is C16H18Cl3NO4. The van der Waals surface area contributed by atoms with Gasteiger partial charge in [0.25, 0.3) is 5.91 Å². The van der Waals surface area contributed by atoms with Crippen LogP contribution in [-0.2, 0) is 14.3 Å². The fraction of sp³-hybridized carbons (Fsp3) is 0.375. The maximum absolute atomic E-state index is 11.9. The Bertz CT molecular complexity index is 634. The molecule has 0 aliphatic rings. The first-order valence-electron chi connectivity index (χ1n) is 7.09. The summed E-state index contributed by atoms with van der Waals surface area (Å²) < 4.78 is 10.1. The Balaban J connectivity index is 2.48. The molecule has 0 aliphatic carbocycles. The lowest BCUT2D eigenvalue weighted by atomic mass is 10.3. The van der Waals surface area contributed by atoms with E-state index >= 15 is 0 Å². The largest absolute Gasteiger partial charge is 0.480 e. The van der Waals surface area contributed by atoms with E-state index in [2.05, 4.69) is 6.58 Å². The van der Waals surface area contributed by atoms with E-state index in [9.17, 15) is 9.59 Å². The predicted molar refractivity (Wildman–Crippen MR) is 95.0 cm³/mol. The zero-order valence-electron chi connectivity index (χ0n) is 13.4. The average molecular weight is 395 g/mol. The first-order valence-corrected chi connectivity index (χ1v) is 8.23. The number of benzene rings is 1. The molecule has 1 aromatic rings. The smallest absolute Gasteiger partial charge is 0.344 e. The standard InChI is InChI=1S/C16H18Cl3NO4/c1-4-20(7-10(2)3)15(21)8-24-16(22)9-23-14-6-12(18)11(17)5-13(14)19/h5-6H,2,4,7-9H2,1,3H3. The molecule has 0 radical (unpaired) electrons. The molecule has 0 saturated heterocycles. The van der Waals surface area contributed by atoms with E-state index in [0.717, 1.165) is 5.57 Å². The fourth-order valence-corrected chi connectivity index (χ4v) is 2.32. The quantitative estimate of drug-likeness (QED) is 0.380. The summed E-state index contributed by atoms with van der Waals surface area (Å²) in [5, 5.41) is 0.740. The van der Waals surface area contributed by atoms with Crippen LogP contribution in [0.1, 0.15) is 13.8 Å². The predicted octanol–water partition coefficient (Wildman–Crippen LogP) is 3.99. The van der Waals surface area contributed by atoms with Crippen LogP contribution in [0.3, 0.4) is 0 Å². The van der Waals surface area contributed by atoms with Crippen molar-refractivity contribution in [1.29, 1.82) is 0 Å². The van der Waals surface area contributed by atoms with E-state index < -0.39 is 12.6 Å². The average Bonchev–Trinajstić information content (AvgIpc) is 2.52. The number of carbonyl (C=O) groups excluding carboxylic acids is 2. The van der Waals surface area contributed by atoms with Crippen molar-refractivity contribution in [3.8, 4) is 5.75 Å². The number of carbonyl (C=O) groups is 2. The van der Waals surface area contributed by atoms with Gasteiger partial charge in [0.2, 0.25) is 0 Å². The number of rotatable bonds is 8. The summed E-state index contributed by atoms with van der Waals surface area (Å²) >= 11 is 17.6. The van der Waals surface area contributed by atoms with E-state index in [-0.39, 0.29) is 33.3 Å². The van der Waals surface area contributed by atoms with Crippen LogP contribution in [0.15, 0.2) is 24.3 Å². The summed E-state index contributed by atoms with van der Waals surface area (Å²) in [5.41, 5.74) is 0.842. The van der Waals surface area contributed by atoms with E-state index in [1.165, 1.54) is 17.0 Å². The molecule has 0 spiro atoms. The van der Waals surface area contributed by atoms with Crippen molar-refractivity contribution in [2.24, 2.45) is 0 Å². The highest BCUT2D eigenvalue weighted by Crippen LogP contribution is 2.33. The second-order valence-electron chi connectivity index (χ2n) is 5.01. The number of nitrogens with zero attached hydrogens (tertiary/aromatic N) is 1. The third-order valence-corrected chi connectivity index (χ3v) is 3.89. The van der Waals surface area contributed by atoms with Crippen molar-refractivity contribution in [3.63, 3.8) is 0 Å². The highest BCUT2D eigenvalue weighted by atomic mass is 35.5. The number of ether oxygens (including phenoxy) is 2. The summed E-state index contributed by atoms with van der Waals surface area (Å²) in [6.45, 7) is 7.55. The van der Waals surface area contributed by atoms with Crippen molar-refractivity contribution in [3.05, 3.63) is 39.4 Å². The second-order valence-corrected chi connectivity index (χ2v) is 6.23. The molecule has 1 amide bonds. The van der Waals surface area contributed by atoms with Gasteiger partial charge in [0.15, 0.2) is 13.2 Å². The van der Waals surface area contributed by atoms with E-state index in [1.807, 2.05) is 13.8 Å². The van der Waals surface area contributed by atoms with Crippen molar-refractivity contribution in [2.45, 2.75) is 13.8 Å². The molecule has 0 bridgehead atoms. The molecule has 1 rings (SSSR count). The Labute approximate surface area is 156 Å². The van der Waals surface area contributed by atoms with Gasteiger partial charge < -0.3 is 14.4 Å². The van der Waals surface area contributed by atoms with Gasteiger partial charge in [-0.15, -0.1) is 0 Å². The van der Waals surface area contributed by atoms with Gasteiger partial charge >= 0.3 is 5.97 Å². The second kappa shape index (κ2) is 9.77. The molecule has 132 valence electrons. The van der Waals surface area contributed by atoms with Crippen LogP contribution < -0.4 is 4.74 Å². The van der Waals surface area contributed by atoms with Crippen LogP contribution in [0.2, 0.25) is 15.1 Å². The summed E-state index contributed by atoms with van der Waals surface area (Å²) in [6, 6.07) is 2.81. The molecule has 0 fully saturated rings. The first kappa shape index (κ1) is 20.6. The molecule has 8 heteroatoms. The monoisotopic (exact) mass is 393 g/mol. The van der Waals surface area contributed by atoms with Crippen LogP contribution >= 0.6 is 34.8 Å². The summed E-state index contributed by atoms with van der Waals surface area (Å²) in [6.07, 6.45) is 0. The molecule has 0 atom stereocenters. The molecule has 24 heavy (non-hydrogen) atoms. The van der Waals surface area contributed by atoms with Gasteiger partial charge in [-0.2, -0.15) is 0 Å². The minimum absolute atomic E-state index is 0.201. The number of halogens is 3. The molecule has 5 nitrogen and oxygen atoms in total. The lowest BCUT2D eigenvalue weighted by Gasteiger charge is -2.20. The molecule has 1 aromatic carbocycles. The molecule has 0 aliphatic heterocycles. The molecule has 0 N–H and O–H groups in total. The Morgan fingerprint density at radius 3 is 2.33 bits per heavy atom. The van der Waals surface area contributed by atoms with Gasteiger partial charge in [0, 0.05) is 19.2 Å². The number of hydrogen-bond acceptors (Lipinski definition) is 4. The topological polar surface area (TPSA) is 55.8 Å². The number of esters is 1. The van der Waals surface area contributed by atoms with E-state index in [1.54, 1.807) is 0 Å². The van der Waals surface area contributed by atoms with Crippen LogP contribution in [-0.4, -0.2) is 43.1 Å². The Hall–Kier alpha value is -1.43. The molecule has 0 saturated carbocycles. The van der Waals surface area contributed by atoms with Crippen LogP contribution in [0.4, 0.5) is 0 Å².